The third kappa shape index (κ3) is 1.68. The van der Waals surface area contributed by atoms with Crippen LogP contribution in [0.5, 0.6) is 0 Å². The van der Waals surface area contributed by atoms with Crippen LogP contribution in [0.2, 0.25) is 0 Å². The summed E-state index contributed by atoms with van der Waals surface area (Å²) in [5, 5.41) is 4.70. The summed E-state index contributed by atoms with van der Waals surface area (Å²) < 4.78 is 21.9. The topological polar surface area (TPSA) is 116 Å². The van der Waals surface area contributed by atoms with Crippen molar-refractivity contribution in [3.63, 3.8) is 0 Å². The third-order valence-corrected chi connectivity index (χ3v) is 3.63. The molecule has 1 amide bonds. The predicted molar refractivity (Wildman–Crippen MR) is 55.7 cm³/mol. The second kappa shape index (κ2) is 3.26. The fraction of sp³-hybridized carbons (Fsp3) is 0.333. The summed E-state index contributed by atoms with van der Waals surface area (Å²) in [6, 6.07) is 2.82. The van der Waals surface area contributed by atoms with Crippen LogP contribution in [0, 0.1) is 0 Å². The molecule has 1 heterocycles. The lowest BCUT2D eigenvalue weighted by molar-refractivity contribution is -0.120. The molecule has 0 aliphatic heterocycles. The molecule has 0 spiro atoms. The molecule has 16 heavy (non-hydrogen) atoms. The van der Waals surface area contributed by atoms with E-state index in [1.165, 1.54) is 18.3 Å². The number of amides is 1. The summed E-state index contributed by atoms with van der Waals surface area (Å²) in [5.41, 5.74) is 5.28. The summed E-state index contributed by atoms with van der Waals surface area (Å²) in [4.78, 5) is 14.9. The van der Waals surface area contributed by atoms with Crippen LogP contribution in [0.15, 0.2) is 23.4 Å². The number of aromatic nitrogens is 1. The Morgan fingerprint density at radius 2 is 2.00 bits per heavy atom. The average molecular weight is 241 g/mol. The number of carbonyl (C=O) groups excluding carboxylic acids is 1. The van der Waals surface area contributed by atoms with E-state index in [4.69, 9.17) is 10.9 Å². The lowest BCUT2D eigenvalue weighted by atomic mass is 9.97. The molecule has 0 bridgehead atoms. The molecule has 0 radical (unpaired) electrons. The average Bonchev–Trinajstić information content (AvgIpc) is 2.97. The number of primary sulfonamides is 1. The zero-order valence-electron chi connectivity index (χ0n) is 8.38. The monoisotopic (exact) mass is 241 g/mol. The summed E-state index contributed by atoms with van der Waals surface area (Å²) in [6.45, 7) is 0. The quantitative estimate of drug-likeness (QED) is 0.723. The maximum atomic E-state index is 11.2. The number of hydrogen-bond acceptors (Lipinski definition) is 4. The van der Waals surface area contributed by atoms with Crippen LogP contribution in [0.3, 0.4) is 0 Å². The van der Waals surface area contributed by atoms with E-state index in [1.807, 2.05) is 0 Å². The number of carbonyl (C=O) groups is 1. The molecule has 2 rings (SSSR count). The van der Waals surface area contributed by atoms with E-state index in [2.05, 4.69) is 4.98 Å². The number of hydrogen-bond donors (Lipinski definition) is 2. The molecule has 1 fully saturated rings. The van der Waals surface area contributed by atoms with Gasteiger partial charge >= 0.3 is 0 Å². The van der Waals surface area contributed by atoms with Crippen molar-refractivity contribution in [3.8, 4) is 0 Å². The van der Waals surface area contributed by atoms with Crippen molar-refractivity contribution >= 4 is 15.9 Å². The number of nitrogens with zero attached hydrogens (tertiary/aromatic N) is 1. The number of primary amides is 1. The normalized spacial score (nSPS) is 18.1. The van der Waals surface area contributed by atoms with Gasteiger partial charge in [-0.05, 0) is 24.5 Å². The van der Waals surface area contributed by atoms with Gasteiger partial charge < -0.3 is 5.73 Å². The van der Waals surface area contributed by atoms with Crippen LogP contribution in [0.4, 0.5) is 0 Å². The van der Waals surface area contributed by atoms with Gasteiger partial charge in [-0.15, -0.1) is 0 Å². The maximum Gasteiger partial charge on any atom is 0.255 e. The highest BCUT2D eigenvalue weighted by atomic mass is 32.2. The molecular formula is C9H11N3O3S. The Morgan fingerprint density at radius 3 is 2.31 bits per heavy atom. The third-order valence-electron chi connectivity index (χ3n) is 2.80. The van der Waals surface area contributed by atoms with E-state index < -0.39 is 21.3 Å². The van der Waals surface area contributed by atoms with E-state index in [-0.39, 0.29) is 5.03 Å². The molecule has 1 saturated carbocycles. The van der Waals surface area contributed by atoms with E-state index in [9.17, 15) is 13.2 Å². The van der Waals surface area contributed by atoms with Gasteiger partial charge in [-0.3, -0.25) is 4.79 Å². The van der Waals surface area contributed by atoms with Gasteiger partial charge in [0.25, 0.3) is 10.0 Å². The van der Waals surface area contributed by atoms with Crippen molar-refractivity contribution in [1.29, 1.82) is 0 Å². The van der Waals surface area contributed by atoms with Crippen molar-refractivity contribution in [1.82, 2.24) is 4.98 Å². The van der Waals surface area contributed by atoms with E-state index >= 15 is 0 Å². The van der Waals surface area contributed by atoms with Gasteiger partial charge in [0.05, 0.1) is 5.41 Å². The minimum Gasteiger partial charge on any atom is -0.369 e. The highest BCUT2D eigenvalue weighted by Crippen LogP contribution is 2.47. The lowest BCUT2D eigenvalue weighted by Gasteiger charge is -2.10. The Balaban J connectivity index is 2.38. The van der Waals surface area contributed by atoms with Gasteiger partial charge in [-0.2, -0.15) is 0 Å². The van der Waals surface area contributed by atoms with Crippen LogP contribution < -0.4 is 10.9 Å². The first-order chi connectivity index (χ1) is 7.36. The van der Waals surface area contributed by atoms with Gasteiger partial charge in [0.2, 0.25) is 5.91 Å². The Morgan fingerprint density at radius 1 is 1.38 bits per heavy atom. The fourth-order valence-corrected chi connectivity index (χ4v) is 2.09. The second-order valence-electron chi connectivity index (χ2n) is 3.88. The molecule has 4 N–H and O–H groups in total. The van der Waals surface area contributed by atoms with Gasteiger partial charge in [0.1, 0.15) is 0 Å². The van der Waals surface area contributed by atoms with Crippen molar-refractivity contribution in [3.05, 3.63) is 23.9 Å². The van der Waals surface area contributed by atoms with Crippen LogP contribution in [0.1, 0.15) is 18.4 Å². The highest BCUT2D eigenvalue weighted by Gasteiger charge is 2.50. The molecule has 1 aliphatic carbocycles. The Kier molecular flexibility index (Phi) is 2.25. The van der Waals surface area contributed by atoms with Gasteiger partial charge in [0.15, 0.2) is 5.03 Å². The van der Waals surface area contributed by atoms with Crippen molar-refractivity contribution in [2.24, 2.45) is 10.9 Å². The highest BCUT2D eigenvalue weighted by molar-refractivity contribution is 7.89. The van der Waals surface area contributed by atoms with Crippen LogP contribution in [-0.4, -0.2) is 19.3 Å². The summed E-state index contributed by atoms with van der Waals surface area (Å²) in [5.74, 6) is -0.405. The Labute approximate surface area is 92.7 Å². The van der Waals surface area contributed by atoms with Gasteiger partial charge in [-0.25, -0.2) is 18.5 Å². The minimum absolute atomic E-state index is 0.212. The maximum absolute atomic E-state index is 11.2. The molecular weight excluding hydrogens is 230 g/mol. The molecule has 1 aromatic heterocycles. The predicted octanol–water partition coefficient (Wildman–Crippen LogP) is -0.754. The standard InChI is InChI=1S/C9H11N3O3S/c10-8(13)9(3-4-9)6-1-2-7(12-5-6)16(11,14)15/h1-2,5H,3-4H2,(H2,10,13)(H2,11,14,15). The van der Waals surface area contributed by atoms with Gasteiger partial charge in [0, 0.05) is 6.20 Å². The molecule has 0 unspecified atom stereocenters. The smallest absolute Gasteiger partial charge is 0.255 e. The number of pyridine rings is 1. The molecule has 0 saturated heterocycles. The van der Waals surface area contributed by atoms with Crippen LogP contribution in [-0.2, 0) is 20.2 Å². The second-order valence-corrected chi connectivity index (χ2v) is 5.38. The zero-order valence-corrected chi connectivity index (χ0v) is 9.20. The number of nitrogens with two attached hydrogens (primary N) is 2. The first-order valence-electron chi connectivity index (χ1n) is 4.65. The van der Waals surface area contributed by atoms with Gasteiger partial charge in [-0.1, -0.05) is 6.07 Å². The fourth-order valence-electron chi connectivity index (χ4n) is 1.63. The van der Waals surface area contributed by atoms with E-state index in [0.29, 0.717) is 18.4 Å². The van der Waals surface area contributed by atoms with Crippen LogP contribution >= 0.6 is 0 Å². The number of rotatable bonds is 3. The minimum atomic E-state index is -3.79. The Bertz CT molecular complexity index is 532. The summed E-state index contributed by atoms with van der Waals surface area (Å²) in [7, 11) is -3.79. The lowest BCUT2D eigenvalue weighted by Crippen LogP contribution is -2.28. The van der Waals surface area contributed by atoms with Crippen LogP contribution in [0.25, 0.3) is 0 Å². The Hall–Kier alpha value is -1.47. The molecule has 0 aromatic carbocycles. The first kappa shape index (κ1) is 11.0. The zero-order chi connectivity index (χ0) is 12.0. The summed E-state index contributed by atoms with van der Waals surface area (Å²) in [6.07, 6.45) is 2.70. The van der Waals surface area contributed by atoms with Crippen molar-refractivity contribution in [2.45, 2.75) is 23.3 Å². The largest absolute Gasteiger partial charge is 0.369 e. The van der Waals surface area contributed by atoms with Crippen molar-refractivity contribution in [2.75, 3.05) is 0 Å². The van der Waals surface area contributed by atoms with E-state index in [0.717, 1.165) is 0 Å². The first-order valence-corrected chi connectivity index (χ1v) is 6.20. The summed E-state index contributed by atoms with van der Waals surface area (Å²) >= 11 is 0. The molecule has 0 atom stereocenters. The number of sulfonamides is 1. The molecule has 86 valence electrons. The van der Waals surface area contributed by atoms with Crippen molar-refractivity contribution < 1.29 is 13.2 Å². The van der Waals surface area contributed by atoms with E-state index in [1.54, 1.807) is 0 Å². The molecule has 1 aromatic rings. The molecule has 1 aliphatic rings. The molecule has 7 heteroatoms. The molecule has 6 nitrogen and oxygen atoms in total. The SMILES string of the molecule is NC(=O)C1(c2ccc(S(N)(=O)=O)nc2)CC1.